The van der Waals surface area contributed by atoms with E-state index in [4.69, 9.17) is 4.74 Å². The van der Waals surface area contributed by atoms with Gasteiger partial charge in [-0.15, -0.1) is 0 Å². The lowest BCUT2D eigenvalue weighted by Gasteiger charge is -2.18. The minimum Gasteiger partial charge on any atom is -0.488 e. The highest BCUT2D eigenvalue weighted by molar-refractivity contribution is 5.94. The first-order valence-corrected chi connectivity index (χ1v) is 9.38. The maximum atomic E-state index is 12.8. The minimum atomic E-state index is -0.102. The molecule has 1 aliphatic heterocycles. The second-order valence-corrected chi connectivity index (χ2v) is 7.15. The normalized spacial score (nSPS) is 16.4. The fourth-order valence-electron chi connectivity index (χ4n) is 3.47. The molecule has 4 rings (SSSR count). The van der Waals surface area contributed by atoms with Crippen molar-refractivity contribution in [3.63, 3.8) is 0 Å². The van der Waals surface area contributed by atoms with Crippen LogP contribution in [0.2, 0.25) is 0 Å². The molecule has 2 aromatic heterocycles. The van der Waals surface area contributed by atoms with E-state index in [0.717, 1.165) is 17.8 Å². The number of hydrogen-bond donors (Lipinski definition) is 0. The maximum absolute atomic E-state index is 12.8. The van der Waals surface area contributed by atoms with Crippen LogP contribution < -0.4 is 10.3 Å². The lowest BCUT2D eigenvalue weighted by atomic mass is 10.2. The molecule has 0 unspecified atom stereocenters. The van der Waals surface area contributed by atoms with Crippen LogP contribution in [-0.4, -0.2) is 39.1 Å². The van der Waals surface area contributed by atoms with E-state index in [1.54, 1.807) is 11.6 Å². The smallest absolute Gasteiger partial charge is 0.254 e. The first-order chi connectivity index (χ1) is 13.5. The Morgan fingerprint density at radius 3 is 2.50 bits per heavy atom. The van der Waals surface area contributed by atoms with Crippen molar-refractivity contribution in [2.45, 2.75) is 19.4 Å². The molecule has 1 fully saturated rings. The Balaban J connectivity index is 1.41. The first-order valence-electron chi connectivity index (χ1n) is 9.38. The van der Waals surface area contributed by atoms with E-state index in [9.17, 15) is 9.59 Å². The fraction of sp³-hybridized carbons (Fsp3) is 0.273. The van der Waals surface area contributed by atoms with Gasteiger partial charge in [-0.25, -0.2) is 0 Å². The van der Waals surface area contributed by atoms with Crippen LogP contribution in [0.25, 0.3) is 5.69 Å². The van der Waals surface area contributed by atoms with Crippen molar-refractivity contribution in [3.05, 3.63) is 82.5 Å². The summed E-state index contributed by atoms with van der Waals surface area (Å²) in [5, 5.41) is 0. The van der Waals surface area contributed by atoms with Gasteiger partial charge in [-0.2, -0.15) is 0 Å². The molecule has 0 saturated carbocycles. The highest BCUT2D eigenvalue weighted by Gasteiger charge is 2.28. The number of nitrogens with zero attached hydrogens (tertiary/aromatic N) is 3. The zero-order valence-corrected chi connectivity index (χ0v) is 16.0. The third kappa shape index (κ3) is 3.58. The summed E-state index contributed by atoms with van der Waals surface area (Å²) in [5.41, 5.74) is 2.44. The molecule has 144 valence electrons. The average Bonchev–Trinajstić information content (AvgIpc) is 3.38. The van der Waals surface area contributed by atoms with Crippen LogP contribution in [0.4, 0.5) is 0 Å². The molecule has 1 amide bonds. The summed E-state index contributed by atoms with van der Waals surface area (Å²) in [7, 11) is 1.74. The number of hydrogen-bond acceptors (Lipinski definition) is 3. The molecule has 6 heteroatoms. The number of amides is 1. The molecule has 3 aromatic rings. The van der Waals surface area contributed by atoms with E-state index in [0.29, 0.717) is 24.4 Å². The Morgan fingerprint density at radius 1 is 1.11 bits per heavy atom. The van der Waals surface area contributed by atoms with Crippen molar-refractivity contribution in [1.82, 2.24) is 14.0 Å². The SMILES string of the molecule is Cc1cc(O[C@@H]2CCN(C(=O)c3ccc(-n4cccc4)cc3)C2)cc(=O)n1C. The van der Waals surface area contributed by atoms with Gasteiger partial charge in [-0.1, -0.05) is 0 Å². The predicted octanol–water partition coefficient (Wildman–Crippen LogP) is 2.78. The highest BCUT2D eigenvalue weighted by atomic mass is 16.5. The standard InChI is InChI=1S/C22H23N3O3/c1-16-13-20(14-21(26)23(16)2)28-19-9-12-25(15-19)22(27)17-5-7-18(8-6-17)24-10-3-4-11-24/h3-8,10-11,13-14,19H,9,12,15H2,1-2H3/t19-/m1/s1. The lowest BCUT2D eigenvalue weighted by Crippen LogP contribution is -2.31. The number of rotatable bonds is 4. The topological polar surface area (TPSA) is 56.5 Å². The van der Waals surface area contributed by atoms with Gasteiger partial charge in [0.15, 0.2) is 0 Å². The number of carbonyl (C=O) groups excluding carboxylic acids is 1. The van der Waals surface area contributed by atoms with Gasteiger partial charge < -0.3 is 18.8 Å². The van der Waals surface area contributed by atoms with Crippen LogP contribution >= 0.6 is 0 Å². The zero-order chi connectivity index (χ0) is 19.7. The summed E-state index contributed by atoms with van der Waals surface area (Å²) in [6, 6.07) is 14.9. The fourth-order valence-corrected chi connectivity index (χ4v) is 3.47. The molecule has 28 heavy (non-hydrogen) atoms. The van der Waals surface area contributed by atoms with Gasteiger partial charge in [0, 0.05) is 55.4 Å². The lowest BCUT2D eigenvalue weighted by molar-refractivity contribution is 0.0772. The average molecular weight is 377 g/mol. The van der Waals surface area contributed by atoms with E-state index in [1.807, 2.05) is 71.2 Å². The van der Waals surface area contributed by atoms with Gasteiger partial charge in [0.2, 0.25) is 0 Å². The third-order valence-corrected chi connectivity index (χ3v) is 5.23. The second kappa shape index (κ2) is 7.38. The molecule has 0 aliphatic carbocycles. The van der Waals surface area contributed by atoms with Crippen LogP contribution in [0.1, 0.15) is 22.5 Å². The summed E-state index contributed by atoms with van der Waals surface area (Å²) >= 11 is 0. The van der Waals surface area contributed by atoms with E-state index in [2.05, 4.69) is 0 Å². The van der Waals surface area contributed by atoms with Gasteiger partial charge in [0.05, 0.1) is 6.54 Å². The summed E-state index contributed by atoms with van der Waals surface area (Å²) in [6.45, 7) is 3.04. The Hall–Kier alpha value is -3.28. The summed E-state index contributed by atoms with van der Waals surface area (Å²) in [6.07, 6.45) is 4.59. The molecule has 1 aliphatic rings. The largest absolute Gasteiger partial charge is 0.488 e. The van der Waals surface area contributed by atoms with Gasteiger partial charge in [0.1, 0.15) is 11.9 Å². The van der Waals surface area contributed by atoms with Crippen molar-refractivity contribution >= 4 is 5.91 Å². The van der Waals surface area contributed by atoms with Crippen molar-refractivity contribution in [1.29, 1.82) is 0 Å². The Kier molecular flexibility index (Phi) is 4.77. The molecule has 0 N–H and O–H groups in total. The number of benzene rings is 1. The number of likely N-dealkylation sites (tertiary alicyclic amines) is 1. The molecule has 0 spiro atoms. The number of ether oxygens (including phenoxy) is 1. The molecular weight excluding hydrogens is 354 g/mol. The van der Waals surface area contributed by atoms with Crippen LogP contribution in [0.15, 0.2) is 65.7 Å². The molecule has 0 radical (unpaired) electrons. The van der Waals surface area contributed by atoms with Gasteiger partial charge in [0.25, 0.3) is 11.5 Å². The monoisotopic (exact) mass is 377 g/mol. The van der Waals surface area contributed by atoms with Gasteiger partial charge >= 0.3 is 0 Å². The molecular formula is C22H23N3O3. The van der Waals surface area contributed by atoms with Crippen molar-refractivity contribution in [2.24, 2.45) is 7.05 Å². The second-order valence-electron chi connectivity index (χ2n) is 7.15. The van der Waals surface area contributed by atoms with Gasteiger partial charge in [-0.3, -0.25) is 9.59 Å². The first kappa shape index (κ1) is 18.1. The third-order valence-electron chi connectivity index (χ3n) is 5.23. The molecule has 3 heterocycles. The molecule has 0 bridgehead atoms. The van der Waals surface area contributed by atoms with Crippen LogP contribution in [0.5, 0.6) is 5.75 Å². The Labute approximate surface area is 163 Å². The van der Waals surface area contributed by atoms with E-state index >= 15 is 0 Å². The van der Waals surface area contributed by atoms with Crippen molar-refractivity contribution in [2.75, 3.05) is 13.1 Å². The van der Waals surface area contributed by atoms with Crippen LogP contribution in [0, 0.1) is 6.92 Å². The van der Waals surface area contributed by atoms with Gasteiger partial charge in [-0.05, 0) is 49.4 Å². The molecule has 1 atom stereocenters. The summed E-state index contributed by atoms with van der Waals surface area (Å²) in [4.78, 5) is 26.5. The predicted molar refractivity (Wildman–Crippen MR) is 107 cm³/mol. The Bertz CT molecular complexity index is 1040. The number of aryl methyl sites for hydroxylation is 1. The Morgan fingerprint density at radius 2 is 1.82 bits per heavy atom. The summed E-state index contributed by atoms with van der Waals surface area (Å²) in [5.74, 6) is 0.571. The summed E-state index contributed by atoms with van der Waals surface area (Å²) < 4.78 is 9.54. The van der Waals surface area contributed by atoms with E-state index in [1.165, 1.54) is 6.07 Å². The molecule has 1 saturated heterocycles. The van der Waals surface area contributed by atoms with Crippen molar-refractivity contribution in [3.8, 4) is 11.4 Å². The quantitative estimate of drug-likeness (QED) is 0.703. The minimum absolute atomic E-state index is 0.00492. The number of pyridine rings is 1. The molecule has 6 nitrogen and oxygen atoms in total. The highest BCUT2D eigenvalue weighted by Crippen LogP contribution is 2.20. The van der Waals surface area contributed by atoms with Crippen LogP contribution in [0.3, 0.4) is 0 Å². The number of aromatic nitrogens is 2. The van der Waals surface area contributed by atoms with Crippen molar-refractivity contribution < 1.29 is 9.53 Å². The number of carbonyl (C=O) groups is 1. The van der Waals surface area contributed by atoms with Crippen LogP contribution in [-0.2, 0) is 7.05 Å². The maximum Gasteiger partial charge on any atom is 0.254 e. The zero-order valence-electron chi connectivity index (χ0n) is 16.0. The molecule has 1 aromatic carbocycles. The van der Waals surface area contributed by atoms with E-state index < -0.39 is 0 Å². The van der Waals surface area contributed by atoms with E-state index in [-0.39, 0.29) is 17.6 Å².